The fourth-order valence-electron chi connectivity index (χ4n) is 1.94. The molecule has 0 spiro atoms. The molecule has 0 atom stereocenters. The number of carbonyl (C=O) groups is 1. The van der Waals surface area contributed by atoms with Gasteiger partial charge in [-0.25, -0.2) is 0 Å². The molecule has 0 saturated heterocycles. The maximum atomic E-state index is 12.1. The van der Waals surface area contributed by atoms with E-state index in [1.165, 1.54) is 12.8 Å². The molecule has 2 heteroatoms. The fourth-order valence-corrected chi connectivity index (χ4v) is 1.94. The molecule has 0 fully saturated rings. The van der Waals surface area contributed by atoms with Crippen molar-refractivity contribution in [2.45, 2.75) is 47.0 Å². The van der Waals surface area contributed by atoms with Gasteiger partial charge >= 0.3 is 0 Å². The van der Waals surface area contributed by atoms with Crippen molar-refractivity contribution in [3.05, 3.63) is 29.8 Å². The van der Waals surface area contributed by atoms with E-state index in [0.29, 0.717) is 12.2 Å². The molecule has 0 aromatic heterocycles. The van der Waals surface area contributed by atoms with E-state index in [1.807, 2.05) is 38.1 Å². The molecule has 1 aromatic rings. The normalized spacial score (nSPS) is 11.1. The van der Waals surface area contributed by atoms with Crippen LogP contribution in [0, 0.1) is 11.8 Å². The second-order valence-corrected chi connectivity index (χ2v) is 5.75. The fraction of sp³-hybridized carbons (Fsp3) is 0.588. The number of hydrogen-bond donors (Lipinski definition) is 0. The summed E-state index contributed by atoms with van der Waals surface area (Å²) in [6, 6.07) is 7.55. The maximum absolute atomic E-state index is 12.1. The summed E-state index contributed by atoms with van der Waals surface area (Å²) in [5.41, 5.74) is 0.710. The second-order valence-electron chi connectivity index (χ2n) is 5.75. The molecule has 0 aliphatic carbocycles. The minimum absolute atomic E-state index is 0.00527. The predicted molar refractivity (Wildman–Crippen MR) is 79.8 cm³/mol. The Morgan fingerprint density at radius 3 is 2.42 bits per heavy atom. The molecule has 0 bridgehead atoms. The van der Waals surface area contributed by atoms with E-state index in [2.05, 4.69) is 13.8 Å². The summed E-state index contributed by atoms with van der Waals surface area (Å²) in [5.74, 6) is 1.63. The van der Waals surface area contributed by atoms with Crippen molar-refractivity contribution in [1.29, 1.82) is 0 Å². The van der Waals surface area contributed by atoms with E-state index in [0.717, 1.165) is 18.1 Å². The Labute approximate surface area is 117 Å². The van der Waals surface area contributed by atoms with Crippen LogP contribution in [0.15, 0.2) is 24.3 Å². The highest BCUT2D eigenvalue weighted by Gasteiger charge is 2.15. The van der Waals surface area contributed by atoms with Gasteiger partial charge in [-0.2, -0.15) is 0 Å². The van der Waals surface area contributed by atoms with E-state index < -0.39 is 0 Å². The van der Waals surface area contributed by atoms with Gasteiger partial charge in [0.05, 0.1) is 12.2 Å². The molecule has 0 heterocycles. The highest BCUT2D eigenvalue weighted by molar-refractivity contribution is 5.99. The molecule has 1 aromatic carbocycles. The first-order chi connectivity index (χ1) is 9.02. The monoisotopic (exact) mass is 262 g/mol. The summed E-state index contributed by atoms with van der Waals surface area (Å²) < 4.78 is 5.77. The van der Waals surface area contributed by atoms with Crippen LogP contribution in [-0.4, -0.2) is 12.4 Å². The third-order valence-electron chi connectivity index (χ3n) is 3.11. The first kappa shape index (κ1) is 15.7. The van der Waals surface area contributed by atoms with Crippen LogP contribution in [0.2, 0.25) is 0 Å². The Morgan fingerprint density at radius 2 is 1.79 bits per heavy atom. The second kappa shape index (κ2) is 7.98. The van der Waals surface area contributed by atoms with Crippen LogP contribution < -0.4 is 4.74 Å². The zero-order chi connectivity index (χ0) is 14.3. The SMILES string of the molecule is CC(C)CCCCOc1ccccc1C(=O)C(C)C. The first-order valence-corrected chi connectivity index (χ1v) is 7.28. The van der Waals surface area contributed by atoms with Crippen LogP contribution >= 0.6 is 0 Å². The van der Waals surface area contributed by atoms with Crippen molar-refractivity contribution < 1.29 is 9.53 Å². The van der Waals surface area contributed by atoms with E-state index in [-0.39, 0.29) is 11.7 Å². The number of rotatable bonds is 8. The molecule has 0 amide bonds. The number of ether oxygens (including phenoxy) is 1. The van der Waals surface area contributed by atoms with E-state index in [9.17, 15) is 4.79 Å². The van der Waals surface area contributed by atoms with Crippen LogP contribution in [0.1, 0.15) is 57.3 Å². The van der Waals surface area contributed by atoms with Crippen molar-refractivity contribution in [3.63, 3.8) is 0 Å². The topological polar surface area (TPSA) is 26.3 Å². The lowest BCUT2D eigenvalue weighted by molar-refractivity contribution is 0.0935. The van der Waals surface area contributed by atoms with Gasteiger partial charge in [-0.3, -0.25) is 4.79 Å². The van der Waals surface area contributed by atoms with Crippen molar-refractivity contribution in [1.82, 2.24) is 0 Å². The summed E-state index contributed by atoms with van der Waals surface area (Å²) >= 11 is 0. The average Bonchev–Trinajstić information content (AvgIpc) is 2.37. The van der Waals surface area contributed by atoms with Gasteiger partial charge in [0.1, 0.15) is 5.75 Å². The van der Waals surface area contributed by atoms with Gasteiger partial charge in [0, 0.05) is 5.92 Å². The Kier molecular flexibility index (Phi) is 6.61. The van der Waals surface area contributed by atoms with Gasteiger partial charge < -0.3 is 4.74 Å². The smallest absolute Gasteiger partial charge is 0.169 e. The highest BCUT2D eigenvalue weighted by Crippen LogP contribution is 2.21. The molecule has 1 rings (SSSR count). The van der Waals surface area contributed by atoms with Crippen molar-refractivity contribution in [2.75, 3.05) is 6.61 Å². The molecular formula is C17H26O2. The zero-order valence-corrected chi connectivity index (χ0v) is 12.6. The van der Waals surface area contributed by atoms with E-state index >= 15 is 0 Å². The van der Waals surface area contributed by atoms with E-state index in [4.69, 9.17) is 4.74 Å². The number of para-hydroxylation sites is 1. The van der Waals surface area contributed by atoms with Gasteiger partial charge in [0.2, 0.25) is 0 Å². The van der Waals surface area contributed by atoms with Crippen LogP contribution in [-0.2, 0) is 0 Å². The molecule has 0 N–H and O–H groups in total. The van der Waals surface area contributed by atoms with Gasteiger partial charge in [-0.15, -0.1) is 0 Å². The number of benzene rings is 1. The van der Waals surface area contributed by atoms with E-state index in [1.54, 1.807) is 0 Å². The Hall–Kier alpha value is -1.31. The zero-order valence-electron chi connectivity index (χ0n) is 12.6. The molecule has 2 nitrogen and oxygen atoms in total. The van der Waals surface area contributed by atoms with Crippen LogP contribution in [0.3, 0.4) is 0 Å². The number of Topliss-reactive ketones (excluding diaryl/α,β-unsaturated/α-hetero) is 1. The summed E-state index contributed by atoms with van der Waals surface area (Å²) in [6.07, 6.45) is 3.45. The van der Waals surface area contributed by atoms with Crippen molar-refractivity contribution in [2.24, 2.45) is 11.8 Å². The Bertz CT molecular complexity index is 394. The highest BCUT2D eigenvalue weighted by atomic mass is 16.5. The minimum Gasteiger partial charge on any atom is -0.493 e. The van der Waals surface area contributed by atoms with Gasteiger partial charge in [-0.05, 0) is 30.9 Å². The lowest BCUT2D eigenvalue weighted by Gasteiger charge is -2.12. The molecule has 0 aliphatic rings. The molecule has 0 aliphatic heterocycles. The Morgan fingerprint density at radius 1 is 1.11 bits per heavy atom. The largest absolute Gasteiger partial charge is 0.493 e. The lowest BCUT2D eigenvalue weighted by Crippen LogP contribution is -2.10. The molecule has 0 radical (unpaired) electrons. The number of ketones is 1. The number of carbonyl (C=O) groups excluding carboxylic acids is 1. The summed E-state index contributed by atoms with van der Waals surface area (Å²) in [6.45, 7) is 8.99. The van der Waals surface area contributed by atoms with Gasteiger partial charge in [-0.1, -0.05) is 46.2 Å². The molecule has 19 heavy (non-hydrogen) atoms. The maximum Gasteiger partial charge on any atom is 0.169 e. The third kappa shape index (κ3) is 5.46. The van der Waals surface area contributed by atoms with Crippen LogP contribution in [0.25, 0.3) is 0 Å². The number of hydrogen-bond acceptors (Lipinski definition) is 2. The summed E-state index contributed by atoms with van der Waals surface area (Å²) in [5, 5.41) is 0. The molecule has 0 saturated carbocycles. The first-order valence-electron chi connectivity index (χ1n) is 7.28. The predicted octanol–water partition coefficient (Wildman–Crippen LogP) is 4.73. The standard InChI is InChI=1S/C17H26O2/c1-13(2)9-7-8-12-19-16-11-6-5-10-15(16)17(18)14(3)4/h5-6,10-11,13-14H,7-9,12H2,1-4H3. The average molecular weight is 262 g/mol. The van der Waals surface area contributed by atoms with Crippen molar-refractivity contribution in [3.8, 4) is 5.75 Å². The Balaban J connectivity index is 2.52. The summed E-state index contributed by atoms with van der Waals surface area (Å²) in [7, 11) is 0. The van der Waals surface area contributed by atoms with Crippen molar-refractivity contribution >= 4 is 5.78 Å². The lowest BCUT2D eigenvalue weighted by atomic mass is 10.0. The van der Waals surface area contributed by atoms with Crippen LogP contribution in [0.5, 0.6) is 5.75 Å². The van der Waals surface area contributed by atoms with Gasteiger partial charge in [0.15, 0.2) is 5.78 Å². The quantitative estimate of drug-likeness (QED) is 0.500. The molecule has 0 unspecified atom stereocenters. The molecule has 106 valence electrons. The molecular weight excluding hydrogens is 236 g/mol. The summed E-state index contributed by atoms with van der Waals surface area (Å²) in [4.78, 5) is 12.1. The van der Waals surface area contributed by atoms with Crippen LogP contribution in [0.4, 0.5) is 0 Å². The minimum atomic E-state index is 0.00527. The third-order valence-corrected chi connectivity index (χ3v) is 3.11. The van der Waals surface area contributed by atoms with Gasteiger partial charge in [0.25, 0.3) is 0 Å². The number of unbranched alkanes of at least 4 members (excludes halogenated alkanes) is 1.